The summed E-state index contributed by atoms with van der Waals surface area (Å²) in [6.45, 7) is 3.91. The number of rotatable bonds is 6. The molecule has 0 atom stereocenters. The van der Waals surface area contributed by atoms with Crippen molar-refractivity contribution in [3.8, 4) is 0 Å². The number of carbonyl (C=O) groups excluding carboxylic acids is 3. The smallest absolute Gasteiger partial charge is 0.288 e. The number of thioether (sulfide) groups is 1. The minimum absolute atomic E-state index is 0.0444. The highest BCUT2D eigenvalue weighted by Gasteiger charge is 2.10. The molecule has 0 aliphatic carbocycles. The molecule has 0 fully saturated rings. The van der Waals surface area contributed by atoms with E-state index >= 15 is 0 Å². The molecule has 2 rings (SSSR count). The molecule has 0 aliphatic rings. The molecule has 3 amide bonds. The first kappa shape index (κ1) is 19.5. The zero-order chi connectivity index (χ0) is 18.9. The summed E-state index contributed by atoms with van der Waals surface area (Å²) in [6, 6.07) is 10.7. The number of amides is 3. The van der Waals surface area contributed by atoms with Gasteiger partial charge in [0.05, 0.1) is 11.5 Å². The van der Waals surface area contributed by atoms with Gasteiger partial charge in [0.25, 0.3) is 5.91 Å². The van der Waals surface area contributed by atoms with E-state index in [1.54, 1.807) is 12.1 Å². The zero-order valence-electron chi connectivity index (χ0n) is 14.5. The lowest BCUT2D eigenvalue weighted by molar-refractivity contribution is -0.119. The predicted octanol–water partition coefficient (Wildman–Crippen LogP) is 1.83. The number of carbonyl (C=O) groups is 3. The van der Waals surface area contributed by atoms with Crippen molar-refractivity contribution < 1.29 is 14.4 Å². The van der Waals surface area contributed by atoms with Crippen LogP contribution in [0.4, 0.5) is 5.69 Å². The average molecular weight is 372 g/mol. The topological polar surface area (TPSA) is 100 Å². The lowest BCUT2D eigenvalue weighted by Crippen LogP contribution is -2.42. The third-order valence-corrected chi connectivity index (χ3v) is 4.27. The van der Waals surface area contributed by atoms with Crippen LogP contribution in [0, 0.1) is 13.8 Å². The van der Waals surface area contributed by atoms with E-state index in [0.29, 0.717) is 0 Å². The summed E-state index contributed by atoms with van der Waals surface area (Å²) in [5.41, 5.74) is 7.63. The molecule has 3 N–H and O–H groups in total. The van der Waals surface area contributed by atoms with Crippen LogP contribution >= 0.6 is 11.8 Å². The number of nitrogens with zero attached hydrogens (tertiary/aromatic N) is 1. The van der Waals surface area contributed by atoms with Crippen molar-refractivity contribution >= 4 is 35.2 Å². The highest BCUT2D eigenvalue weighted by Crippen LogP contribution is 2.16. The molecule has 0 spiro atoms. The largest absolute Gasteiger partial charge is 0.325 e. The Morgan fingerprint density at radius 1 is 1.00 bits per heavy atom. The normalized spacial score (nSPS) is 10.1. The number of aryl methyl sites for hydroxylation is 2. The van der Waals surface area contributed by atoms with Crippen LogP contribution in [-0.2, 0) is 9.59 Å². The number of hydrogen-bond donors (Lipinski definition) is 3. The molecule has 0 saturated carbocycles. The second-order valence-electron chi connectivity index (χ2n) is 5.58. The summed E-state index contributed by atoms with van der Waals surface area (Å²) in [5.74, 6) is -0.917. The molecule has 7 nitrogen and oxygen atoms in total. The van der Waals surface area contributed by atoms with Crippen LogP contribution in [0.5, 0.6) is 0 Å². The van der Waals surface area contributed by atoms with E-state index < -0.39 is 11.8 Å². The Balaban J connectivity index is 1.67. The van der Waals surface area contributed by atoms with Crippen LogP contribution in [0.25, 0.3) is 0 Å². The number of benzene rings is 1. The monoisotopic (exact) mass is 372 g/mol. The summed E-state index contributed by atoms with van der Waals surface area (Å²) in [4.78, 5) is 39.3. The third-order valence-electron chi connectivity index (χ3n) is 3.34. The number of anilines is 1. The van der Waals surface area contributed by atoms with Gasteiger partial charge in [-0.3, -0.25) is 30.2 Å². The maximum Gasteiger partial charge on any atom is 0.288 e. The van der Waals surface area contributed by atoms with Crippen LogP contribution in [0.2, 0.25) is 0 Å². The fraction of sp³-hybridized carbons (Fsp3) is 0.222. The summed E-state index contributed by atoms with van der Waals surface area (Å²) < 4.78 is 0. The van der Waals surface area contributed by atoms with Gasteiger partial charge in [0.2, 0.25) is 11.8 Å². The Labute approximate surface area is 155 Å². The van der Waals surface area contributed by atoms with Crippen molar-refractivity contribution in [1.82, 2.24) is 15.8 Å². The van der Waals surface area contributed by atoms with Crippen molar-refractivity contribution in [2.24, 2.45) is 0 Å². The molecule has 1 aromatic carbocycles. The number of hydrogen-bond acceptors (Lipinski definition) is 5. The van der Waals surface area contributed by atoms with Crippen LogP contribution in [0.3, 0.4) is 0 Å². The molecule has 0 aliphatic heterocycles. The van der Waals surface area contributed by atoms with Crippen molar-refractivity contribution in [2.75, 3.05) is 16.8 Å². The Morgan fingerprint density at radius 3 is 2.46 bits per heavy atom. The van der Waals surface area contributed by atoms with Gasteiger partial charge in [0.1, 0.15) is 5.69 Å². The Bertz CT molecular complexity index is 796. The molecule has 136 valence electrons. The number of nitrogens with one attached hydrogen (secondary N) is 3. The van der Waals surface area contributed by atoms with Crippen LogP contribution in [0.1, 0.15) is 21.6 Å². The first-order valence-corrected chi connectivity index (χ1v) is 9.06. The Hall–Kier alpha value is -2.87. The summed E-state index contributed by atoms with van der Waals surface area (Å²) >= 11 is 1.15. The third kappa shape index (κ3) is 6.21. The fourth-order valence-corrected chi connectivity index (χ4v) is 2.72. The molecular weight excluding hydrogens is 352 g/mol. The van der Waals surface area contributed by atoms with Gasteiger partial charge < -0.3 is 5.32 Å². The summed E-state index contributed by atoms with van der Waals surface area (Å²) in [6.07, 6.45) is 1.49. The number of aromatic nitrogens is 1. The maximum absolute atomic E-state index is 11.9. The molecule has 0 bridgehead atoms. The first-order valence-electron chi connectivity index (χ1n) is 7.91. The van der Waals surface area contributed by atoms with Gasteiger partial charge in [-0.05, 0) is 37.6 Å². The molecular formula is C18H20N4O3S. The second-order valence-corrected chi connectivity index (χ2v) is 6.56. The highest BCUT2D eigenvalue weighted by molar-refractivity contribution is 8.00. The molecule has 0 unspecified atom stereocenters. The standard InChI is InChI=1S/C18H20N4O3S/c1-12-6-7-14(13(2)9-12)20-16(23)10-26-11-17(24)21-22-18(25)15-5-3-4-8-19-15/h3-9H,10-11H2,1-2H3,(H,20,23)(H,21,24)(H,22,25). The van der Waals surface area contributed by atoms with E-state index in [9.17, 15) is 14.4 Å². The van der Waals surface area contributed by atoms with Crippen molar-refractivity contribution in [1.29, 1.82) is 0 Å². The first-order chi connectivity index (χ1) is 12.5. The summed E-state index contributed by atoms with van der Waals surface area (Å²) in [7, 11) is 0. The van der Waals surface area contributed by atoms with Gasteiger partial charge in [0.15, 0.2) is 0 Å². The van der Waals surface area contributed by atoms with Crippen molar-refractivity contribution in [2.45, 2.75) is 13.8 Å². The van der Waals surface area contributed by atoms with Gasteiger partial charge >= 0.3 is 0 Å². The molecule has 0 saturated heterocycles. The minimum Gasteiger partial charge on any atom is -0.325 e. The lowest BCUT2D eigenvalue weighted by atomic mass is 10.1. The van der Waals surface area contributed by atoms with Gasteiger partial charge in [-0.1, -0.05) is 23.8 Å². The van der Waals surface area contributed by atoms with E-state index in [2.05, 4.69) is 21.2 Å². The van der Waals surface area contributed by atoms with E-state index in [1.807, 2.05) is 32.0 Å². The molecule has 26 heavy (non-hydrogen) atoms. The van der Waals surface area contributed by atoms with Crippen molar-refractivity contribution in [3.63, 3.8) is 0 Å². The van der Waals surface area contributed by atoms with Gasteiger partial charge in [0, 0.05) is 11.9 Å². The highest BCUT2D eigenvalue weighted by atomic mass is 32.2. The van der Waals surface area contributed by atoms with E-state index in [-0.39, 0.29) is 23.1 Å². The molecule has 0 radical (unpaired) electrons. The summed E-state index contributed by atoms with van der Waals surface area (Å²) in [5, 5.41) is 2.81. The Kier molecular flexibility index (Phi) is 7.16. The van der Waals surface area contributed by atoms with Gasteiger partial charge in [-0.15, -0.1) is 11.8 Å². The average Bonchev–Trinajstić information content (AvgIpc) is 2.63. The SMILES string of the molecule is Cc1ccc(NC(=O)CSCC(=O)NNC(=O)c2ccccn2)c(C)c1. The number of hydrazine groups is 1. The quantitative estimate of drug-likeness (QED) is 0.672. The number of pyridine rings is 1. The molecule has 8 heteroatoms. The predicted molar refractivity (Wildman–Crippen MR) is 102 cm³/mol. The van der Waals surface area contributed by atoms with E-state index in [1.165, 1.54) is 12.3 Å². The second kappa shape index (κ2) is 9.57. The van der Waals surface area contributed by atoms with E-state index in [0.717, 1.165) is 28.6 Å². The van der Waals surface area contributed by atoms with Crippen molar-refractivity contribution in [3.05, 3.63) is 59.4 Å². The van der Waals surface area contributed by atoms with Crippen LogP contribution in [0.15, 0.2) is 42.6 Å². The lowest BCUT2D eigenvalue weighted by Gasteiger charge is -2.09. The van der Waals surface area contributed by atoms with Gasteiger partial charge in [-0.25, -0.2) is 0 Å². The van der Waals surface area contributed by atoms with Crippen LogP contribution in [-0.4, -0.2) is 34.2 Å². The molecule has 2 aromatic rings. The van der Waals surface area contributed by atoms with Gasteiger partial charge in [-0.2, -0.15) is 0 Å². The van der Waals surface area contributed by atoms with Crippen LogP contribution < -0.4 is 16.2 Å². The zero-order valence-corrected chi connectivity index (χ0v) is 15.4. The Morgan fingerprint density at radius 2 is 1.77 bits per heavy atom. The maximum atomic E-state index is 11.9. The minimum atomic E-state index is -0.503. The van der Waals surface area contributed by atoms with E-state index in [4.69, 9.17) is 0 Å². The molecule has 1 aromatic heterocycles. The molecule has 1 heterocycles. The fourth-order valence-electron chi connectivity index (χ4n) is 2.10.